The topological polar surface area (TPSA) is 0 Å². The molecule has 3 aliphatic rings. The molecule has 0 heterocycles. The number of fused-ring (bicyclic) bond motifs is 3. The summed E-state index contributed by atoms with van der Waals surface area (Å²) < 4.78 is 3.07. The first-order valence-corrected chi connectivity index (χ1v) is 22.4. The Labute approximate surface area is 287 Å². The molecule has 0 aliphatic heterocycles. The molecule has 0 nitrogen and oxygen atoms in total. The van der Waals surface area contributed by atoms with Gasteiger partial charge in [0.05, 0.1) is 0 Å². The SMILES string of the molecule is CC(C)c1ccc([C](C2CCCC2)=[Hf+2]([CH]2C=CC=C2)[CH]2c3cc(C(C)(C)C)ccc3-c3ccc(C(C)(C)C)cc32)cc1.[Cl-].[Cl-]. The van der Waals surface area contributed by atoms with E-state index in [1.54, 1.807) is 16.7 Å². The van der Waals surface area contributed by atoms with E-state index in [2.05, 4.69) is 140 Å². The van der Waals surface area contributed by atoms with Gasteiger partial charge in [-0.3, -0.25) is 0 Å². The summed E-state index contributed by atoms with van der Waals surface area (Å²) in [7, 11) is 0. The summed E-state index contributed by atoms with van der Waals surface area (Å²) in [6, 6.07) is 25.0. The van der Waals surface area contributed by atoms with E-state index in [4.69, 9.17) is 0 Å². The van der Waals surface area contributed by atoms with Gasteiger partial charge in [0.15, 0.2) is 0 Å². The largest absolute Gasteiger partial charge is 1.00 e. The summed E-state index contributed by atoms with van der Waals surface area (Å²) >= 11 is -2.74. The van der Waals surface area contributed by atoms with E-state index in [0.29, 0.717) is 13.3 Å². The van der Waals surface area contributed by atoms with Crippen molar-refractivity contribution in [2.75, 3.05) is 0 Å². The number of rotatable bonds is 5. The van der Waals surface area contributed by atoms with E-state index in [1.807, 2.05) is 3.26 Å². The Balaban J connectivity index is 0.00000221. The fourth-order valence-corrected chi connectivity index (χ4v) is 22.3. The third kappa shape index (κ3) is 6.77. The molecule has 1 fully saturated rings. The molecule has 3 aliphatic carbocycles. The Bertz CT molecular complexity index is 1490. The van der Waals surface area contributed by atoms with Crippen LogP contribution in [0.2, 0.25) is 3.67 Å². The zero-order valence-corrected chi connectivity index (χ0v) is 33.1. The van der Waals surface area contributed by atoms with Crippen molar-refractivity contribution in [3.05, 3.63) is 118 Å². The summed E-state index contributed by atoms with van der Waals surface area (Å²) in [6.45, 7) is 18.9. The molecule has 0 bridgehead atoms. The van der Waals surface area contributed by atoms with Crippen LogP contribution in [0.15, 0.2) is 85.0 Å². The van der Waals surface area contributed by atoms with Gasteiger partial charge in [0.2, 0.25) is 0 Å². The van der Waals surface area contributed by atoms with Crippen LogP contribution in [0.1, 0.15) is 124 Å². The average molecular weight is 792 g/mol. The van der Waals surface area contributed by atoms with Gasteiger partial charge in [-0.05, 0) is 0 Å². The maximum absolute atomic E-state index is 2.74. The summed E-state index contributed by atoms with van der Waals surface area (Å²) in [6.07, 6.45) is 15.4. The van der Waals surface area contributed by atoms with Crippen LogP contribution in [0.5, 0.6) is 0 Å². The molecule has 0 N–H and O–H groups in total. The van der Waals surface area contributed by atoms with Crippen LogP contribution in [0.25, 0.3) is 11.1 Å². The molecule has 3 heteroatoms. The van der Waals surface area contributed by atoms with Crippen molar-refractivity contribution < 1.29 is 45.8 Å². The second-order valence-electron chi connectivity index (χ2n) is 15.5. The van der Waals surface area contributed by atoms with E-state index in [0.717, 1.165) is 5.92 Å². The standard InChI is InChI=1S/C21H25.C15H20.C5H5.2ClH.Hf/c1-20(2,3)16-7-9-18-14(12-16)11-15-13-17(21(4,5)6)8-10-19(15)18;1-12(2)15-9-7-14(8-10-15)11-13-5-3-4-6-13;1-2-4-5-3-1;;;/h7-13H,1-6H3;7-10,12-13H,3-6H2,1-2H3;1-5H;2*1H;/q;;;;;+2/p-2. The average Bonchev–Trinajstić information content (AvgIpc) is 3.71. The van der Waals surface area contributed by atoms with Crippen LogP contribution < -0.4 is 24.8 Å². The first kappa shape index (κ1) is 35.3. The second-order valence-corrected chi connectivity index (χ2v) is 25.1. The molecule has 0 aromatic heterocycles. The third-order valence-corrected chi connectivity index (χ3v) is 23.3. The fourth-order valence-electron chi connectivity index (χ4n) is 7.60. The minimum atomic E-state index is -2.74. The molecule has 3 aromatic rings. The molecule has 6 rings (SSSR count). The minimum absolute atomic E-state index is 0. The van der Waals surface area contributed by atoms with E-state index in [1.165, 1.54) is 53.5 Å². The predicted molar refractivity (Wildman–Crippen MR) is 180 cm³/mol. The Morgan fingerprint density at radius 2 is 1.16 bits per heavy atom. The van der Waals surface area contributed by atoms with Gasteiger partial charge in [-0.15, -0.1) is 0 Å². The number of hydrogen-bond acceptors (Lipinski definition) is 0. The normalized spacial score (nSPS) is 17.0. The monoisotopic (exact) mass is 792 g/mol. The molecule has 0 atom stereocenters. The van der Waals surface area contributed by atoms with Gasteiger partial charge in [-0.1, -0.05) is 0 Å². The summed E-state index contributed by atoms with van der Waals surface area (Å²) in [5.74, 6) is 1.30. The number of halogens is 2. The molecule has 0 radical (unpaired) electrons. The van der Waals surface area contributed by atoms with Crippen molar-refractivity contribution in [2.24, 2.45) is 5.92 Å². The Morgan fingerprint density at radius 3 is 1.59 bits per heavy atom. The van der Waals surface area contributed by atoms with Crippen LogP contribution in [0, 0.1) is 5.92 Å². The van der Waals surface area contributed by atoms with E-state index in [9.17, 15) is 0 Å². The van der Waals surface area contributed by atoms with Gasteiger partial charge >= 0.3 is 265 Å². The molecule has 3 aromatic carbocycles. The molecule has 1 saturated carbocycles. The van der Waals surface area contributed by atoms with Gasteiger partial charge in [0.1, 0.15) is 0 Å². The molecule has 0 saturated heterocycles. The van der Waals surface area contributed by atoms with Crippen molar-refractivity contribution in [3.63, 3.8) is 0 Å². The zero-order valence-electron chi connectivity index (χ0n) is 28.0. The fraction of sp³-hybridized carbons (Fsp3) is 0.439. The van der Waals surface area contributed by atoms with Crippen LogP contribution in [-0.4, -0.2) is 3.26 Å². The Morgan fingerprint density at radius 1 is 0.682 bits per heavy atom. The van der Waals surface area contributed by atoms with E-state index in [-0.39, 0.29) is 35.6 Å². The molecule has 0 unspecified atom stereocenters. The molecule has 0 amide bonds. The Hall–Kier alpha value is -1.54. The number of benzene rings is 3. The maximum atomic E-state index is 2.64. The first-order valence-electron chi connectivity index (χ1n) is 16.4. The van der Waals surface area contributed by atoms with E-state index < -0.39 is 21.0 Å². The minimum Gasteiger partial charge on any atom is -1.00 e. The van der Waals surface area contributed by atoms with Gasteiger partial charge in [-0.25, -0.2) is 0 Å². The van der Waals surface area contributed by atoms with Crippen LogP contribution in [0.4, 0.5) is 0 Å². The van der Waals surface area contributed by atoms with Crippen molar-refractivity contribution in [3.8, 4) is 11.1 Å². The molecule has 0 spiro atoms. The third-order valence-electron chi connectivity index (χ3n) is 10.1. The van der Waals surface area contributed by atoms with Crippen LogP contribution in [-0.2, 0) is 31.8 Å². The molecule has 232 valence electrons. The molecule has 44 heavy (non-hydrogen) atoms. The quantitative estimate of drug-likeness (QED) is 0.303. The smallest absolute Gasteiger partial charge is 1.00 e. The van der Waals surface area contributed by atoms with Gasteiger partial charge < -0.3 is 24.8 Å². The van der Waals surface area contributed by atoms with Crippen molar-refractivity contribution >= 4 is 3.26 Å². The van der Waals surface area contributed by atoms with Crippen molar-refractivity contribution in [1.82, 2.24) is 0 Å². The van der Waals surface area contributed by atoms with Crippen LogP contribution >= 0.6 is 0 Å². The summed E-state index contributed by atoms with van der Waals surface area (Å²) in [5.41, 5.74) is 12.5. The van der Waals surface area contributed by atoms with Crippen LogP contribution in [0.3, 0.4) is 0 Å². The molecular weight excluding hydrogens is 742 g/mol. The zero-order chi connectivity index (χ0) is 29.8. The van der Waals surface area contributed by atoms with Gasteiger partial charge in [-0.2, -0.15) is 0 Å². The molecular formula is C41H50Cl2Hf. The predicted octanol–water partition coefficient (Wildman–Crippen LogP) is 5.43. The number of allylic oxidation sites excluding steroid dienone is 4. The van der Waals surface area contributed by atoms with Gasteiger partial charge in [0.25, 0.3) is 0 Å². The van der Waals surface area contributed by atoms with E-state index >= 15 is 0 Å². The van der Waals surface area contributed by atoms with Crippen molar-refractivity contribution in [1.29, 1.82) is 0 Å². The Kier molecular flexibility index (Phi) is 11.0. The summed E-state index contributed by atoms with van der Waals surface area (Å²) in [5, 5.41) is 0. The van der Waals surface area contributed by atoms with Gasteiger partial charge in [0, 0.05) is 0 Å². The maximum Gasteiger partial charge on any atom is -1.00 e. The second kappa shape index (κ2) is 13.7. The van der Waals surface area contributed by atoms with Crippen molar-refractivity contribution in [2.45, 2.75) is 105 Å². The first-order chi connectivity index (χ1) is 19.9. The number of hydrogen-bond donors (Lipinski definition) is 0. The summed E-state index contributed by atoms with van der Waals surface area (Å²) in [4.78, 5) is 0.